The van der Waals surface area contributed by atoms with Crippen LogP contribution in [-0.2, 0) is 4.79 Å². The lowest BCUT2D eigenvalue weighted by atomic mass is 10.3. The average Bonchev–Trinajstić information content (AvgIpc) is 1.83. The Labute approximate surface area is 66.0 Å². The third kappa shape index (κ3) is 1.63. The molecule has 1 amide bonds. The van der Waals surface area contributed by atoms with Crippen LogP contribution >= 0.6 is 0 Å². The second-order valence-corrected chi connectivity index (χ2v) is 2.07. The van der Waals surface area contributed by atoms with E-state index in [9.17, 15) is 18.0 Å². The van der Waals surface area contributed by atoms with Crippen molar-refractivity contribution in [2.24, 2.45) is 4.99 Å². The van der Waals surface area contributed by atoms with Gasteiger partial charge in [0.25, 0.3) is 0 Å². The fourth-order valence-corrected chi connectivity index (χ4v) is 0.600. The summed E-state index contributed by atoms with van der Waals surface area (Å²) in [6.45, 7) is 1.34. The number of carbonyl (C=O) groups is 1. The van der Waals surface area contributed by atoms with Gasteiger partial charge < -0.3 is 0 Å². The Bertz CT molecular complexity index is 277. The Kier molecular flexibility index (Phi) is 1.91. The first-order valence-corrected chi connectivity index (χ1v) is 2.92. The normalized spacial score (nSPS) is 18.2. The number of aliphatic imine (C=N–C) groups is 1. The summed E-state index contributed by atoms with van der Waals surface area (Å²) >= 11 is 0. The van der Waals surface area contributed by atoms with E-state index in [2.05, 4.69) is 10.3 Å². The maximum atomic E-state index is 11.9. The standard InChI is InChI=1S/C6H3F3N2O/c1-3-2-10-4(5(12)11-3)6(7,8)9/h1H3. The molecule has 1 rings (SSSR count). The van der Waals surface area contributed by atoms with Crippen LogP contribution in [0.5, 0.6) is 0 Å². The largest absolute Gasteiger partial charge is 0.438 e. The highest BCUT2D eigenvalue weighted by molar-refractivity contribution is 6.41. The number of rotatable bonds is 0. The molecular formula is C6H3F3N2O. The average molecular weight is 176 g/mol. The van der Waals surface area contributed by atoms with E-state index in [1.54, 1.807) is 0 Å². The third-order valence-electron chi connectivity index (χ3n) is 1.07. The van der Waals surface area contributed by atoms with Gasteiger partial charge in [0.15, 0.2) is 0 Å². The number of carbonyl (C=O) groups excluding carboxylic acids is 1. The lowest BCUT2D eigenvalue weighted by Gasteiger charge is -2.10. The Balaban J connectivity index is 2.99. The molecule has 0 aromatic heterocycles. The van der Waals surface area contributed by atoms with E-state index in [1.165, 1.54) is 6.92 Å². The van der Waals surface area contributed by atoms with Gasteiger partial charge in [-0.3, -0.25) is 4.79 Å². The lowest BCUT2D eigenvalue weighted by Crippen LogP contribution is -2.37. The zero-order chi connectivity index (χ0) is 9.35. The fraction of sp³-hybridized carbons (Fsp3) is 0.333. The van der Waals surface area contributed by atoms with Crippen LogP contribution in [0.3, 0.4) is 0 Å². The van der Waals surface area contributed by atoms with Crippen LogP contribution in [0.15, 0.2) is 10.7 Å². The number of hydrogen-bond acceptors (Lipinski definition) is 2. The predicted molar refractivity (Wildman–Crippen MR) is 33.1 cm³/mol. The van der Waals surface area contributed by atoms with Gasteiger partial charge in [0.2, 0.25) is 5.71 Å². The van der Waals surface area contributed by atoms with E-state index < -0.39 is 17.8 Å². The van der Waals surface area contributed by atoms with Crippen LogP contribution in [-0.4, -0.2) is 17.8 Å². The van der Waals surface area contributed by atoms with Crippen LogP contribution in [0.25, 0.3) is 0 Å². The SMILES string of the molecule is CC1=[C]N=C(C(F)(F)F)C(=O)[N]1. The summed E-state index contributed by atoms with van der Waals surface area (Å²) in [5.41, 5.74) is -1.47. The lowest BCUT2D eigenvalue weighted by molar-refractivity contribution is -0.119. The molecule has 1 aliphatic rings. The van der Waals surface area contributed by atoms with Gasteiger partial charge >= 0.3 is 12.1 Å². The highest BCUT2D eigenvalue weighted by atomic mass is 19.4. The zero-order valence-corrected chi connectivity index (χ0v) is 5.94. The highest BCUT2D eigenvalue weighted by Crippen LogP contribution is 2.19. The van der Waals surface area contributed by atoms with Crippen LogP contribution in [0, 0.1) is 6.20 Å². The molecule has 0 unspecified atom stereocenters. The summed E-state index contributed by atoms with van der Waals surface area (Å²) in [6, 6.07) is 0. The fourth-order valence-electron chi connectivity index (χ4n) is 0.600. The van der Waals surface area contributed by atoms with Crippen molar-refractivity contribution in [1.82, 2.24) is 5.32 Å². The van der Waals surface area contributed by atoms with Gasteiger partial charge in [0.1, 0.15) is 6.20 Å². The zero-order valence-electron chi connectivity index (χ0n) is 5.94. The summed E-state index contributed by atoms with van der Waals surface area (Å²) in [5, 5.41) is 3.05. The Hall–Kier alpha value is -1.33. The summed E-state index contributed by atoms with van der Waals surface area (Å²) in [5.74, 6) is -1.36. The van der Waals surface area contributed by atoms with E-state index in [-0.39, 0.29) is 5.70 Å². The van der Waals surface area contributed by atoms with Gasteiger partial charge in [0, 0.05) is 0 Å². The van der Waals surface area contributed by atoms with Crippen molar-refractivity contribution in [3.63, 3.8) is 0 Å². The number of nitrogens with zero attached hydrogens (tertiary/aromatic N) is 2. The molecule has 12 heavy (non-hydrogen) atoms. The van der Waals surface area contributed by atoms with Crippen LogP contribution in [0.2, 0.25) is 0 Å². The maximum Gasteiger partial charge on any atom is 0.438 e. The molecule has 0 N–H and O–H groups in total. The molecule has 0 aromatic carbocycles. The first kappa shape index (κ1) is 8.76. The first-order valence-electron chi connectivity index (χ1n) is 2.92. The van der Waals surface area contributed by atoms with Crippen molar-refractivity contribution in [2.75, 3.05) is 0 Å². The van der Waals surface area contributed by atoms with Crippen molar-refractivity contribution >= 4 is 11.6 Å². The van der Waals surface area contributed by atoms with Gasteiger partial charge in [-0.05, 0) is 6.92 Å². The van der Waals surface area contributed by atoms with Crippen molar-refractivity contribution in [3.05, 3.63) is 11.9 Å². The maximum absolute atomic E-state index is 11.9. The Morgan fingerprint density at radius 2 is 2.00 bits per heavy atom. The number of hydrogen-bond donors (Lipinski definition) is 0. The highest BCUT2D eigenvalue weighted by Gasteiger charge is 2.42. The Morgan fingerprint density at radius 3 is 2.42 bits per heavy atom. The van der Waals surface area contributed by atoms with E-state index in [1.807, 2.05) is 6.20 Å². The van der Waals surface area contributed by atoms with E-state index in [4.69, 9.17) is 0 Å². The minimum Gasteiger partial charge on any atom is -0.265 e. The summed E-state index contributed by atoms with van der Waals surface area (Å²) in [6.07, 6.45) is -2.78. The minimum atomic E-state index is -4.74. The molecule has 0 bridgehead atoms. The summed E-state index contributed by atoms with van der Waals surface area (Å²) in [7, 11) is 0. The van der Waals surface area contributed by atoms with Crippen LogP contribution in [0.1, 0.15) is 6.92 Å². The van der Waals surface area contributed by atoms with E-state index in [0.29, 0.717) is 0 Å². The molecular weight excluding hydrogens is 173 g/mol. The molecule has 3 nitrogen and oxygen atoms in total. The third-order valence-corrected chi connectivity index (χ3v) is 1.07. The van der Waals surface area contributed by atoms with Gasteiger partial charge in [-0.15, -0.1) is 0 Å². The van der Waals surface area contributed by atoms with E-state index >= 15 is 0 Å². The molecule has 0 spiro atoms. The second kappa shape index (κ2) is 2.62. The van der Waals surface area contributed by atoms with Crippen LogP contribution < -0.4 is 5.32 Å². The topological polar surface area (TPSA) is 43.5 Å². The summed E-state index contributed by atoms with van der Waals surface area (Å²) in [4.78, 5) is 13.4. The molecule has 0 saturated carbocycles. The Morgan fingerprint density at radius 1 is 1.42 bits per heavy atom. The van der Waals surface area contributed by atoms with E-state index in [0.717, 1.165) is 0 Å². The van der Waals surface area contributed by atoms with Gasteiger partial charge in [-0.25, -0.2) is 10.3 Å². The van der Waals surface area contributed by atoms with Gasteiger partial charge in [0.05, 0.1) is 5.70 Å². The monoisotopic (exact) mass is 176 g/mol. The molecule has 0 aromatic rings. The number of allylic oxidation sites excluding steroid dienone is 1. The van der Waals surface area contributed by atoms with Crippen molar-refractivity contribution in [2.45, 2.75) is 13.1 Å². The van der Waals surface area contributed by atoms with Crippen molar-refractivity contribution < 1.29 is 18.0 Å². The second-order valence-electron chi connectivity index (χ2n) is 2.07. The molecule has 0 saturated heterocycles. The predicted octanol–water partition coefficient (Wildman–Crippen LogP) is 0.799. The molecule has 0 aliphatic carbocycles. The summed E-state index contributed by atoms with van der Waals surface area (Å²) < 4.78 is 35.6. The molecule has 2 radical (unpaired) electrons. The molecule has 6 heteroatoms. The smallest absolute Gasteiger partial charge is 0.265 e. The molecule has 0 fully saturated rings. The van der Waals surface area contributed by atoms with Crippen molar-refractivity contribution in [1.29, 1.82) is 0 Å². The number of alkyl halides is 3. The van der Waals surface area contributed by atoms with Crippen LogP contribution in [0.4, 0.5) is 13.2 Å². The minimum absolute atomic E-state index is 0.0491. The molecule has 0 atom stereocenters. The van der Waals surface area contributed by atoms with Gasteiger partial charge in [-0.1, -0.05) is 0 Å². The quantitative estimate of drug-likeness (QED) is 0.538. The van der Waals surface area contributed by atoms with Gasteiger partial charge in [-0.2, -0.15) is 13.2 Å². The van der Waals surface area contributed by atoms with Crippen molar-refractivity contribution in [3.8, 4) is 0 Å². The molecule has 1 aliphatic heterocycles. The number of amides is 1. The first-order chi connectivity index (χ1) is 5.41. The molecule has 1 heterocycles. The number of halogens is 3. The molecule has 64 valence electrons.